The van der Waals surface area contributed by atoms with Crippen molar-refractivity contribution >= 4 is 21.8 Å². The Morgan fingerprint density at radius 2 is 1.58 bits per heavy atom. The minimum atomic E-state index is 0.0829. The number of ether oxygens (including phenoxy) is 1. The summed E-state index contributed by atoms with van der Waals surface area (Å²) >= 11 is 0. The summed E-state index contributed by atoms with van der Waals surface area (Å²) in [7, 11) is 1.70. The zero-order valence-electron chi connectivity index (χ0n) is 18.3. The molecule has 3 heterocycles. The molecule has 0 bridgehead atoms. The highest BCUT2D eigenvalue weighted by molar-refractivity contribution is 6.09. The zero-order valence-corrected chi connectivity index (χ0v) is 18.3. The minimum absolute atomic E-state index is 0.0829. The van der Waals surface area contributed by atoms with Crippen LogP contribution in [0.4, 0.5) is 0 Å². The smallest absolute Gasteiger partial charge is 0.137 e. The molecular formula is C27H25N3O. The summed E-state index contributed by atoms with van der Waals surface area (Å²) in [6, 6.07) is 21.2. The van der Waals surface area contributed by atoms with E-state index in [1.54, 1.807) is 19.5 Å². The second kappa shape index (κ2) is 7.24. The van der Waals surface area contributed by atoms with Crippen LogP contribution in [0.3, 0.4) is 0 Å². The fourth-order valence-corrected chi connectivity index (χ4v) is 4.07. The van der Waals surface area contributed by atoms with Crippen molar-refractivity contribution in [1.82, 2.24) is 14.5 Å². The molecule has 5 rings (SSSR count). The van der Waals surface area contributed by atoms with Crippen molar-refractivity contribution in [3.63, 3.8) is 0 Å². The maximum Gasteiger partial charge on any atom is 0.137 e. The van der Waals surface area contributed by atoms with E-state index in [2.05, 4.69) is 72.8 Å². The van der Waals surface area contributed by atoms with E-state index in [9.17, 15) is 0 Å². The van der Waals surface area contributed by atoms with E-state index in [1.807, 2.05) is 24.4 Å². The predicted molar refractivity (Wildman–Crippen MR) is 127 cm³/mol. The quantitative estimate of drug-likeness (QED) is 0.341. The molecule has 2 aromatic carbocycles. The van der Waals surface area contributed by atoms with Gasteiger partial charge in [-0.1, -0.05) is 26.8 Å². The van der Waals surface area contributed by atoms with Crippen molar-refractivity contribution in [2.75, 3.05) is 7.11 Å². The number of nitrogens with zero attached hydrogens (tertiary/aromatic N) is 3. The van der Waals surface area contributed by atoms with E-state index in [-0.39, 0.29) is 5.41 Å². The largest absolute Gasteiger partial charge is 0.497 e. The highest BCUT2D eigenvalue weighted by Gasteiger charge is 2.18. The van der Waals surface area contributed by atoms with Crippen LogP contribution in [-0.2, 0) is 5.41 Å². The molecule has 0 fully saturated rings. The SMILES string of the molecule is COc1ccc2c3cc(C(C)(C)C)ccc3n(-c3ccc(-c4ccncc4)cn3)c2c1. The van der Waals surface area contributed by atoms with Gasteiger partial charge in [0.2, 0.25) is 0 Å². The van der Waals surface area contributed by atoms with Crippen LogP contribution in [0.2, 0.25) is 0 Å². The van der Waals surface area contributed by atoms with Gasteiger partial charge in [-0.2, -0.15) is 0 Å². The van der Waals surface area contributed by atoms with Crippen LogP contribution < -0.4 is 4.74 Å². The van der Waals surface area contributed by atoms with Gasteiger partial charge in [-0.3, -0.25) is 9.55 Å². The fourth-order valence-electron chi connectivity index (χ4n) is 4.07. The first-order valence-electron chi connectivity index (χ1n) is 10.5. The molecule has 0 unspecified atom stereocenters. The molecule has 5 aromatic rings. The molecule has 0 saturated heterocycles. The molecule has 0 amide bonds. The topological polar surface area (TPSA) is 39.9 Å². The van der Waals surface area contributed by atoms with E-state index in [1.165, 1.54) is 16.3 Å². The van der Waals surface area contributed by atoms with Gasteiger partial charge in [0, 0.05) is 41.0 Å². The van der Waals surface area contributed by atoms with Gasteiger partial charge < -0.3 is 4.74 Å². The second-order valence-corrected chi connectivity index (χ2v) is 8.84. The standard InChI is InChI=1S/C27H25N3O/c1-27(2,3)20-6-9-24-23(15-20)22-8-7-21(31-4)16-25(22)30(24)26-10-5-19(17-29-26)18-11-13-28-14-12-18/h5-17H,1-4H3. The third kappa shape index (κ3) is 3.34. The van der Waals surface area contributed by atoms with E-state index in [4.69, 9.17) is 9.72 Å². The lowest BCUT2D eigenvalue weighted by atomic mass is 9.86. The Balaban J connectivity index is 1.74. The molecule has 0 N–H and O–H groups in total. The average Bonchev–Trinajstić information content (AvgIpc) is 3.12. The number of aromatic nitrogens is 3. The fraction of sp³-hybridized carbons (Fsp3) is 0.185. The van der Waals surface area contributed by atoms with Crippen molar-refractivity contribution in [2.24, 2.45) is 0 Å². The van der Waals surface area contributed by atoms with Gasteiger partial charge in [-0.25, -0.2) is 4.98 Å². The van der Waals surface area contributed by atoms with Crippen molar-refractivity contribution in [3.05, 3.63) is 84.8 Å². The molecular weight excluding hydrogens is 382 g/mol. The van der Waals surface area contributed by atoms with Crippen LogP contribution in [0.1, 0.15) is 26.3 Å². The molecule has 0 radical (unpaired) electrons. The first-order chi connectivity index (χ1) is 15.0. The van der Waals surface area contributed by atoms with Gasteiger partial charge in [-0.15, -0.1) is 0 Å². The number of hydrogen-bond acceptors (Lipinski definition) is 3. The number of hydrogen-bond donors (Lipinski definition) is 0. The lowest BCUT2D eigenvalue weighted by molar-refractivity contribution is 0.415. The summed E-state index contributed by atoms with van der Waals surface area (Å²) < 4.78 is 7.74. The first kappa shape index (κ1) is 19.3. The predicted octanol–water partition coefficient (Wildman–Crippen LogP) is 6.55. The maximum absolute atomic E-state index is 5.52. The van der Waals surface area contributed by atoms with Crippen LogP contribution in [-0.4, -0.2) is 21.6 Å². The van der Waals surface area contributed by atoms with Crippen LogP contribution in [0, 0.1) is 0 Å². The van der Waals surface area contributed by atoms with Crippen LogP contribution in [0.25, 0.3) is 38.8 Å². The molecule has 4 heteroatoms. The number of benzene rings is 2. The highest BCUT2D eigenvalue weighted by atomic mass is 16.5. The highest BCUT2D eigenvalue weighted by Crippen LogP contribution is 2.36. The lowest BCUT2D eigenvalue weighted by Crippen LogP contribution is -2.10. The molecule has 0 aliphatic rings. The summed E-state index contributed by atoms with van der Waals surface area (Å²) in [5.74, 6) is 1.72. The molecule has 31 heavy (non-hydrogen) atoms. The summed E-state index contributed by atoms with van der Waals surface area (Å²) in [6.45, 7) is 6.74. The second-order valence-electron chi connectivity index (χ2n) is 8.84. The van der Waals surface area contributed by atoms with Crippen LogP contribution in [0.5, 0.6) is 5.75 Å². The molecule has 0 spiro atoms. The molecule has 0 aliphatic heterocycles. The first-order valence-corrected chi connectivity index (χ1v) is 10.5. The molecule has 154 valence electrons. The Morgan fingerprint density at radius 1 is 0.774 bits per heavy atom. The Hall–Kier alpha value is -3.66. The molecule has 0 atom stereocenters. The van der Waals surface area contributed by atoms with E-state index >= 15 is 0 Å². The maximum atomic E-state index is 5.52. The average molecular weight is 408 g/mol. The minimum Gasteiger partial charge on any atom is -0.497 e. The molecule has 0 aliphatic carbocycles. The van der Waals surface area contributed by atoms with Crippen molar-refractivity contribution < 1.29 is 4.74 Å². The number of rotatable bonds is 3. The van der Waals surface area contributed by atoms with E-state index in [0.29, 0.717) is 0 Å². The lowest BCUT2D eigenvalue weighted by Gasteiger charge is -2.19. The zero-order chi connectivity index (χ0) is 21.6. The Kier molecular flexibility index (Phi) is 4.51. The molecule has 3 aromatic heterocycles. The van der Waals surface area contributed by atoms with E-state index < -0.39 is 0 Å². The van der Waals surface area contributed by atoms with Gasteiger partial charge in [0.05, 0.1) is 18.1 Å². The van der Waals surface area contributed by atoms with Gasteiger partial charge in [-0.05, 0) is 65.1 Å². The van der Waals surface area contributed by atoms with Gasteiger partial charge >= 0.3 is 0 Å². The van der Waals surface area contributed by atoms with Crippen LogP contribution >= 0.6 is 0 Å². The summed E-state index contributed by atoms with van der Waals surface area (Å²) in [5, 5.41) is 2.42. The Labute approximate surface area is 182 Å². The monoisotopic (exact) mass is 407 g/mol. The molecule has 4 nitrogen and oxygen atoms in total. The van der Waals surface area contributed by atoms with Crippen molar-refractivity contribution in [2.45, 2.75) is 26.2 Å². The summed E-state index contributed by atoms with van der Waals surface area (Å²) in [6.07, 6.45) is 5.52. The number of pyridine rings is 2. The Bertz CT molecular complexity index is 1380. The van der Waals surface area contributed by atoms with Crippen molar-refractivity contribution in [3.8, 4) is 22.7 Å². The van der Waals surface area contributed by atoms with Gasteiger partial charge in [0.15, 0.2) is 0 Å². The van der Waals surface area contributed by atoms with Crippen molar-refractivity contribution in [1.29, 1.82) is 0 Å². The third-order valence-corrected chi connectivity index (χ3v) is 5.83. The summed E-state index contributed by atoms with van der Waals surface area (Å²) in [4.78, 5) is 8.93. The number of methoxy groups -OCH3 is 1. The van der Waals surface area contributed by atoms with Gasteiger partial charge in [0.25, 0.3) is 0 Å². The number of fused-ring (bicyclic) bond motifs is 3. The van der Waals surface area contributed by atoms with Crippen LogP contribution in [0.15, 0.2) is 79.3 Å². The third-order valence-electron chi connectivity index (χ3n) is 5.83. The normalized spacial score (nSPS) is 11.9. The molecule has 0 saturated carbocycles. The summed E-state index contributed by atoms with van der Waals surface area (Å²) in [5.41, 5.74) is 5.80. The van der Waals surface area contributed by atoms with Gasteiger partial charge in [0.1, 0.15) is 11.6 Å². The Morgan fingerprint density at radius 3 is 2.26 bits per heavy atom. The van der Waals surface area contributed by atoms with E-state index in [0.717, 1.165) is 33.7 Å².